The van der Waals surface area contributed by atoms with Crippen molar-refractivity contribution in [2.75, 3.05) is 5.32 Å². The predicted molar refractivity (Wildman–Crippen MR) is 138 cm³/mol. The van der Waals surface area contributed by atoms with Crippen molar-refractivity contribution in [3.05, 3.63) is 107 Å². The molecule has 1 amide bonds. The van der Waals surface area contributed by atoms with Crippen LogP contribution >= 0.6 is 0 Å². The Kier molecular flexibility index (Phi) is 7.83. The summed E-state index contributed by atoms with van der Waals surface area (Å²) in [4.78, 5) is 12.8. The molecule has 0 fully saturated rings. The molecule has 1 N–H and O–H groups in total. The lowest BCUT2D eigenvalue weighted by atomic mass is 10.0. The third kappa shape index (κ3) is 6.73. The second-order valence-corrected chi connectivity index (χ2v) is 8.71. The molecule has 180 valence electrons. The normalized spacial score (nSPS) is 10.9. The Hall–Kier alpha value is -4.06. The van der Waals surface area contributed by atoms with Gasteiger partial charge in [-0.1, -0.05) is 57.2 Å². The summed E-state index contributed by atoms with van der Waals surface area (Å²) in [5, 5.41) is 7.16. The zero-order valence-corrected chi connectivity index (χ0v) is 20.4. The van der Waals surface area contributed by atoms with Crippen LogP contribution in [-0.2, 0) is 19.8 Å². The summed E-state index contributed by atoms with van der Waals surface area (Å²) in [6, 6.07) is 23.5. The van der Waals surface area contributed by atoms with Gasteiger partial charge in [-0.25, -0.2) is 4.68 Å². The number of rotatable bonds is 10. The highest BCUT2D eigenvalue weighted by atomic mass is 16.5. The molecule has 6 nitrogen and oxygen atoms in total. The minimum absolute atomic E-state index is 0.205. The van der Waals surface area contributed by atoms with E-state index in [0.29, 0.717) is 23.8 Å². The molecule has 1 heterocycles. The zero-order chi connectivity index (χ0) is 24.6. The number of aryl methyl sites for hydroxylation is 1. The number of carbonyl (C=O) groups excluding carboxylic acids is 1. The SMILES string of the molecule is CCc1ccc(OCn2cc(NC(=O)c3cccc(COc4ccc(C(C)C)cc4)c3)cn2)cc1. The Labute approximate surface area is 206 Å². The van der Waals surface area contributed by atoms with Crippen LogP contribution in [0.25, 0.3) is 0 Å². The molecule has 0 radical (unpaired) electrons. The van der Waals surface area contributed by atoms with Crippen LogP contribution in [0.2, 0.25) is 0 Å². The Morgan fingerprint density at radius 3 is 2.37 bits per heavy atom. The molecule has 35 heavy (non-hydrogen) atoms. The fourth-order valence-corrected chi connectivity index (χ4v) is 3.58. The van der Waals surface area contributed by atoms with Gasteiger partial charge in [-0.05, 0) is 65.4 Å². The highest BCUT2D eigenvalue weighted by Crippen LogP contribution is 2.20. The van der Waals surface area contributed by atoms with Crippen LogP contribution in [0.5, 0.6) is 11.5 Å². The molecular weight excluding hydrogens is 438 g/mol. The molecular formula is C29H31N3O3. The quantitative estimate of drug-likeness (QED) is 0.290. The van der Waals surface area contributed by atoms with E-state index in [2.05, 4.69) is 43.3 Å². The lowest BCUT2D eigenvalue weighted by Crippen LogP contribution is -2.12. The van der Waals surface area contributed by atoms with E-state index in [1.807, 2.05) is 54.6 Å². The first-order valence-electron chi connectivity index (χ1n) is 11.9. The maximum absolute atomic E-state index is 12.8. The number of amides is 1. The topological polar surface area (TPSA) is 65.4 Å². The van der Waals surface area contributed by atoms with E-state index in [4.69, 9.17) is 9.47 Å². The van der Waals surface area contributed by atoms with Crippen LogP contribution in [0.4, 0.5) is 5.69 Å². The van der Waals surface area contributed by atoms with Gasteiger partial charge in [0.25, 0.3) is 5.91 Å². The minimum atomic E-state index is -0.205. The number of nitrogens with one attached hydrogen (secondary N) is 1. The molecule has 0 spiro atoms. The molecule has 4 rings (SSSR count). The molecule has 0 aliphatic rings. The lowest BCUT2D eigenvalue weighted by Gasteiger charge is -2.10. The first-order valence-corrected chi connectivity index (χ1v) is 11.9. The van der Waals surface area contributed by atoms with Crippen LogP contribution in [0.15, 0.2) is 85.2 Å². The smallest absolute Gasteiger partial charge is 0.255 e. The predicted octanol–water partition coefficient (Wildman–Crippen LogP) is 6.44. The maximum Gasteiger partial charge on any atom is 0.255 e. The van der Waals surface area contributed by atoms with Gasteiger partial charge in [-0.15, -0.1) is 0 Å². The number of nitrogens with zero attached hydrogens (tertiary/aromatic N) is 2. The monoisotopic (exact) mass is 469 g/mol. The van der Waals surface area contributed by atoms with Crippen molar-refractivity contribution in [2.45, 2.75) is 46.4 Å². The Morgan fingerprint density at radius 1 is 0.943 bits per heavy atom. The average Bonchev–Trinajstić information content (AvgIpc) is 3.34. The number of ether oxygens (including phenoxy) is 2. The Morgan fingerprint density at radius 2 is 1.66 bits per heavy atom. The van der Waals surface area contributed by atoms with E-state index in [0.717, 1.165) is 23.5 Å². The highest BCUT2D eigenvalue weighted by Gasteiger charge is 2.09. The molecule has 4 aromatic rings. The van der Waals surface area contributed by atoms with E-state index < -0.39 is 0 Å². The molecule has 6 heteroatoms. The van der Waals surface area contributed by atoms with Gasteiger partial charge < -0.3 is 14.8 Å². The van der Waals surface area contributed by atoms with Crippen molar-refractivity contribution in [1.82, 2.24) is 9.78 Å². The first kappa shape index (κ1) is 24.1. The van der Waals surface area contributed by atoms with Gasteiger partial charge in [0, 0.05) is 5.56 Å². The van der Waals surface area contributed by atoms with Gasteiger partial charge in [-0.2, -0.15) is 5.10 Å². The number of benzene rings is 3. The summed E-state index contributed by atoms with van der Waals surface area (Å²) in [7, 11) is 0. The van der Waals surface area contributed by atoms with Gasteiger partial charge in [0.1, 0.15) is 18.1 Å². The summed E-state index contributed by atoms with van der Waals surface area (Å²) < 4.78 is 13.3. The minimum Gasteiger partial charge on any atom is -0.489 e. The Balaban J connectivity index is 1.30. The maximum atomic E-state index is 12.8. The molecule has 0 bridgehead atoms. The van der Waals surface area contributed by atoms with E-state index in [9.17, 15) is 4.79 Å². The fourth-order valence-electron chi connectivity index (χ4n) is 3.58. The second kappa shape index (κ2) is 11.4. The largest absolute Gasteiger partial charge is 0.489 e. The highest BCUT2D eigenvalue weighted by molar-refractivity contribution is 6.04. The third-order valence-electron chi connectivity index (χ3n) is 5.73. The third-order valence-corrected chi connectivity index (χ3v) is 5.73. The molecule has 0 aliphatic heterocycles. The van der Waals surface area contributed by atoms with Crippen molar-refractivity contribution in [2.24, 2.45) is 0 Å². The van der Waals surface area contributed by atoms with Gasteiger partial charge in [0.15, 0.2) is 6.73 Å². The van der Waals surface area contributed by atoms with Gasteiger partial charge in [-0.3, -0.25) is 4.79 Å². The van der Waals surface area contributed by atoms with Gasteiger partial charge >= 0.3 is 0 Å². The summed E-state index contributed by atoms with van der Waals surface area (Å²) in [6.45, 7) is 7.09. The van der Waals surface area contributed by atoms with Crippen LogP contribution in [0, 0.1) is 0 Å². The summed E-state index contributed by atoms with van der Waals surface area (Å²) in [5.41, 5.74) is 4.62. The average molecular weight is 470 g/mol. The molecule has 0 unspecified atom stereocenters. The van der Waals surface area contributed by atoms with Crippen molar-refractivity contribution < 1.29 is 14.3 Å². The fraction of sp³-hybridized carbons (Fsp3) is 0.241. The number of hydrogen-bond acceptors (Lipinski definition) is 4. The molecule has 0 saturated heterocycles. The van der Waals surface area contributed by atoms with Crippen molar-refractivity contribution >= 4 is 11.6 Å². The van der Waals surface area contributed by atoms with Crippen LogP contribution in [0.3, 0.4) is 0 Å². The van der Waals surface area contributed by atoms with Crippen molar-refractivity contribution in [3.8, 4) is 11.5 Å². The summed E-state index contributed by atoms with van der Waals surface area (Å²) >= 11 is 0. The molecule has 0 atom stereocenters. The number of hydrogen-bond donors (Lipinski definition) is 1. The van der Waals surface area contributed by atoms with E-state index in [1.165, 1.54) is 11.1 Å². The van der Waals surface area contributed by atoms with Crippen molar-refractivity contribution in [3.63, 3.8) is 0 Å². The van der Waals surface area contributed by atoms with Crippen LogP contribution < -0.4 is 14.8 Å². The van der Waals surface area contributed by atoms with E-state index in [-0.39, 0.29) is 12.6 Å². The van der Waals surface area contributed by atoms with E-state index in [1.54, 1.807) is 23.1 Å². The molecule has 1 aromatic heterocycles. The van der Waals surface area contributed by atoms with Crippen LogP contribution in [0.1, 0.15) is 53.7 Å². The standard InChI is InChI=1S/C29H31N3O3/c1-4-22-8-12-28(13-9-22)35-20-32-18-26(17-30-32)31-29(33)25-7-5-6-23(16-25)19-34-27-14-10-24(11-15-27)21(2)3/h5-18,21H,4,19-20H2,1-3H3,(H,31,33). The molecule has 0 aliphatic carbocycles. The number of anilines is 1. The molecule has 3 aromatic carbocycles. The van der Waals surface area contributed by atoms with Crippen LogP contribution in [-0.4, -0.2) is 15.7 Å². The number of aromatic nitrogens is 2. The first-order chi connectivity index (χ1) is 17.0. The number of carbonyl (C=O) groups is 1. The summed E-state index contributed by atoms with van der Waals surface area (Å²) in [6.07, 6.45) is 4.34. The van der Waals surface area contributed by atoms with E-state index >= 15 is 0 Å². The zero-order valence-electron chi connectivity index (χ0n) is 20.4. The lowest BCUT2D eigenvalue weighted by molar-refractivity contribution is 0.102. The summed E-state index contributed by atoms with van der Waals surface area (Å²) in [5.74, 6) is 1.86. The van der Waals surface area contributed by atoms with Gasteiger partial charge in [0.2, 0.25) is 0 Å². The second-order valence-electron chi connectivity index (χ2n) is 8.71. The molecule has 0 saturated carbocycles. The Bertz CT molecular complexity index is 1240. The van der Waals surface area contributed by atoms with Crippen molar-refractivity contribution in [1.29, 1.82) is 0 Å². The van der Waals surface area contributed by atoms with Gasteiger partial charge in [0.05, 0.1) is 18.1 Å².